The standard InChI is InChI=1S/C18H27N5O2/c1-2-6-14(5-1)21-18(19-11-15-7-3-4-10-24-15)20-12-16-22-17(23-25-16)13-8-9-13/h1-2,13-15H,3-12H2,(H2,19,20,21)/t15-/m1/s1. The van der Waals surface area contributed by atoms with E-state index >= 15 is 0 Å². The number of aliphatic imine (C=N–C) groups is 1. The number of nitrogens with one attached hydrogen (secondary N) is 2. The zero-order chi connectivity index (χ0) is 16.9. The van der Waals surface area contributed by atoms with Gasteiger partial charge in [0, 0.05) is 25.1 Å². The topological polar surface area (TPSA) is 84.6 Å². The molecule has 25 heavy (non-hydrogen) atoms. The summed E-state index contributed by atoms with van der Waals surface area (Å²) in [6.07, 6.45) is 12.6. The van der Waals surface area contributed by atoms with Crippen LogP contribution in [-0.2, 0) is 11.3 Å². The van der Waals surface area contributed by atoms with Gasteiger partial charge in [-0.15, -0.1) is 0 Å². The predicted octanol–water partition coefficient (Wildman–Crippen LogP) is 2.27. The predicted molar refractivity (Wildman–Crippen MR) is 94.3 cm³/mol. The third-order valence-corrected chi connectivity index (χ3v) is 4.92. The first-order valence-electron chi connectivity index (χ1n) is 9.51. The van der Waals surface area contributed by atoms with Crippen LogP contribution in [0.2, 0.25) is 0 Å². The zero-order valence-electron chi connectivity index (χ0n) is 14.6. The van der Waals surface area contributed by atoms with Gasteiger partial charge >= 0.3 is 0 Å². The van der Waals surface area contributed by atoms with Crippen molar-refractivity contribution in [3.05, 3.63) is 23.9 Å². The van der Waals surface area contributed by atoms with Gasteiger partial charge in [0.2, 0.25) is 5.89 Å². The SMILES string of the molecule is C1=CCC(NC(=NCc2nc(C3CC3)no2)NC[C@H]2CCCCO2)C1. The van der Waals surface area contributed by atoms with E-state index in [0.717, 1.165) is 44.2 Å². The summed E-state index contributed by atoms with van der Waals surface area (Å²) in [6, 6.07) is 0.406. The van der Waals surface area contributed by atoms with Crippen LogP contribution >= 0.6 is 0 Å². The van der Waals surface area contributed by atoms with Gasteiger partial charge in [-0.1, -0.05) is 17.3 Å². The van der Waals surface area contributed by atoms with Crippen molar-refractivity contribution in [2.24, 2.45) is 4.99 Å². The summed E-state index contributed by atoms with van der Waals surface area (Å²) >= 11 is 0. The molecule has 1 atom stereocenters. The van der Waals surface area contributed by atoms with E-state index in [1.165, 1.54) is 25.7 Å². The molecule has 0 amide bonds. The van der Waals surface area contributed by atoms with Crippen molar-refractivity contribution in [3.63, 3.8) is 0 Å². The molecule has 7 heteroatoms. The molecule has 1 saturated carbocycles. The molecule has 7 nitrogen and oxygen atoms in total. The fraction of sp³-hybridized carbons (Fsp3) is 0.722. The normalized spacial score (nSPS) is 24.6. The molecule has 2 fully saturated rings. The van der Waals surface area contributed by atoms with Crippen molar-refractivity contribution < 1.29 is 9.26 Å². The second kappa shape index (κ2) is 7.99. The van der Waals surface area contributed by atoms with E-state index in [0.29, 0.717) is 24.4 Å². The van der Waals surface area contributed by atoms with Crippen LogP contribution in [0, 0.1) is 0 Å². The summed E-state index contributed by atoms with van der Waals surface area (Å²) in [5.74, 6) is 2.73. The number of hydrogen-bond donors (Lipinski definition) is 2. The van der Waals surface area contributed by atoms with Crippen molar-refractivity contribution in [1.29, 1.82) is 0 Å². The number of hydrogen-bond acceptors (Lipinski definition) is 5. The molecule has 4 rings (SSSR count). The van der Waals surface area contributed by atoms with Gasteiger partial charge in [0.1, 0.15) is 6.54 Å². The van der Waals surface area contributed by atoms with Crippen molar-refractivity contribution >= 4 is 5.96 Å². The Hall–Kier alpha value is -1.89. The largest absolute Gasteiger partial charge is 0.376 e. The fourth-order valence-corrected chi connectivity index (χ4v) is 3.25. The van der Waals surface area contributed by atoms with Gasteiger partial charge < -0.3 is 19.9 Å². The molecule has 136 valence electrons. The van der Waals surface area contributed by atoms with Crippen molar-refractivity contribution in [2.75, 3.05) is 13.2 Å². The molecule has 0 radical (unpaired) electrons. The van der Waals surface area contributed by atoms with Crippen molar-refractivity contribution in [2.45, 2.75) is 69.6 Å². The molecule has 1 aromatic heterocycles. The molecule has 2 aliphatic carbocycles. The van der Waals surface area contributed by atoms with E-state index in [1.807, 2.05) is 0 Å². The quantitative estimate of drug-likeness (QED) is 0.467. The highest BCUT2D eigenvalue weighted by molar-refractivity contribution is 5.80. The lowest BCUT2D eigenvalue weighted by Crippen LogP contribution is -2.46. The number of ether oxygens (including phenoxy) is 1. The molecule has 0 unspecified atom stereocenters. The van der Waals surface area contributed by atoms with Crippen molar-refractivity contribution in [1.82, 2.24) is 20.8 Å². The molecule has 0 bridgehead atoms. The Bertz CT molecular complexity index is 609. The van der Waals surface area contributed by atoms with E-state index in [2.05, 4.69) is 37.9 Å². The lowest BCUT2D eigenvalue weighted by atomic mass is 10.1. The molecule has 2 heterocycles. The van der Waals surface area contributed by atoms with Gasteiger partial charge in [0.25, 0.3) is 0 Å². The van der Waals surface area contributed by atoms with Crippen LogP contribution in [0.5, 0.6) is 0 Å². The van der Waals surface area contributed by atoms with Crippen LogP contribution in [-0.4, -0.2) is 41.4 Å². The first-order chi connectivity index (χ1) is 12.4. The Balaban J connectivity index is 1.34. The van der Waals surface area contributed by atoms with Gasteiger partial charge in [0.05, 0.1) is 6.10 Å². The maximum Gasteiger partial charge on any atom is 0.248 e. The Kier molecular flexibility index (Phi) is 5.30. The molecule has 1 saturated heterocycles. The van der Waals surface area contributed by atoms with E-state index in [9.17, 15) is 0 Å². The minimum atomic E-state index is 0.271. The van der Waals surface area contributed by atoms with Gasteiger partial charge in [-0.2, -0.15) is 4.98 Å². The minimum Gasteiger partial charge on any atom is -0.376 e. The summed E-state index contributed by atoms with van der Waals surface area (Å²) in [6.45, 7) is 2.05. The van der Waals surface area contributed by atoms with Crippen LogP contribution in [0.4, 0.5) is 0 Å². The number of guanidine groups is 1. The Morgan fingerprint density at radius 3 is 2.84 bits per heavy atom. The average molecular weight is 345 g/mol. The Morgan fingerprint density at radius 2 is 2.08 bits per heavy atom. The highest BCUT2D eigenvalue weighted by atomic mass is 16.5. The summed E-state index contributed by atoms with van der Waals surface area (Å²) in [5.41, 5.74) is 0. The third-order valence-electron chi connectivity index (χ3n) is 4.92. The highest BCUT2D eigenvalue weighted by Crippen LogP contribution is 2.38. The molecule has 1 aliphatic heterocycles. The van der Waals surface area contributed by atoms with Gasteiger partial charge in [-0.25, -0.2) is 4.99 Å². The summed E-state index contributed by atoms with van der Waals surface area (Å²) < 4.78 is 11.1. The monoisotopic (exact) mass is 345 g/mol. The number of nitrogens with zero attached hydrogens (tertiary/aromatic N) is 3. The van der Waals surface area contributed by atoms with E-state index < -0.39 is 0 Å². The first-order valence-corrected chi connectivity index (χ1v) is 9.51. The molecular formula is C18H27N5O2. The minimum absolute atomic E-state index is 0.271. The van der Waals surface area contributed by atoms with Crippen LogP contribution in [0.25, 0.3) is 0 Å². The van der Waals surface area contributed by atoms with E-state index in [4.69, 9.17) is 9.26 Å². The lowest BCUT2D eigenvalue weighted by molar-refractivity contribution is 0.0194. The van der Waals surface area contributed by atoms with Gasteiger partial charge in [-0.3, -0.25) is 0 Å². The Labute approximate surface area is 148 Å². The number of rotatable bonds is 6. The molecule has 1 aromatic rings. The fourth-order valence-electron chi connectivity index (χ4n) is 3.25. The maximum atomic E-state index is 5.80. The van der Waals surface area contributed by atoms with Crippen molar-refractivity contribution in [3.8, 4) is 0 Å². The van der Waals surface area contributed by atoms with Crippen LogP contribution in [0.1, 0.15) is 62.6 Å². The maximum absolute atomic E-state index is 5.80. The lowest BCUT2D eigenvalue weighted by Gasteiger charge is -2.24. The smallest absolute Gasteiger partial charge is 0.248 e. The van der Waals surface area contributed by atoms with E-state index in [-0.39, 0.29) is 6.10 Å². The zero-order valence-corrected chi connectivity index (χ0v) is 14.6. The van der Waals surface area contributed by atoms with Gasteiger partial charge in [-0.05, 0) is 44.9 Å². The molecular weight excluding hydrogens is 318 g/mol. The number of aromatic nitrogens is 2. The molecule has 2 N–H and O–H groups in total. The third kappa shape index (κ3) is 4.81. The second-order valence-corrected chi connectivity index (χ2v) is 7.14. The van der Waals surface area contributed by atoms with Crippen LogP contribution in [0.3, 0.4) is 0 Å². The second-order valence-electron chi connectivity index (χ2n) is 7.14. The molecule has 0 spiro atoms. The molecule has 3 aliphatic rings. The molecule has 0 aromatic carbocycles. The van der Waals surface area contributed by atoms with Crippen LogP contribution < -0.4 is 10.6 Å². The average Bonchev–Trinajstić information content (AvgIpc) is 3.17. The summed E-state index contributed by atoms with van der Waals surface area (Å²) in [7, 11) is 0. The Morgan fingerprint density at radius 1 is 1.20 bits per heavy atom. The highest BCUT2D eigenvalue weighted by Gasteiger charge is 2.28. The van der Waals surface area contributed by atoms with E-state index in [1.54, 1.807) is 0 Å². The summed E-state index contributed by atoms with van der Waals surface area (Å²) in [5, 5.41) is 11.0. The van der Waals surface area contributed by atoms with Crippen LogP contribution in [0.15, 0.2) is 21.7 Å². The first kappa shape index (κ1) is 16.6. The summed E-state index contributed by atoms with van der Waals surface area (Å²) in [4.78, 5) is 9.10. The van der Waals surface area contributed by atoms with Gasteiger partial charge in [0.15, 0.2) is 11.8 Å².